The fraction of sp³-hybridized carbons (Fsp3) is 0. The maximum atomic E-state index is 5.23. The van der Waals surface area contributed by atoms with Crippen molar-refractivity contribution in [1.82, 2.24) is 17.7 Å². The summed E-state index contributed by atoms with van der Waals surface area (Å²) in [7, 11) is 1.94. The molecule has 230 valence electrons. The second-order valence-electron chi connectivity index (χ2n) is 11.7. The summed E-state index contributed by atoms with van der Waals surface area (Å²) in [5.74, 6) is 0. The Hall–Kier alpha value is -4.18. The first-order chi connectivity index (χ1) is 23.8. The van der Waals surface area contributed by atoms with Crippen LogP contribution < -0.4 is 21.5 Å². The number of imidazole rings is 1. The number of hydrogen-bond donors (Lipinski definition) is 0. The molecule has 0 fully saturated rings. The topological polar surface area (TPSA) is 43.6 Å². The molecule has 0 aliphatic carbocycles. The van der Waals surface area contributed by atoms with Gasteiger partial charge in [0.15, 0.2) is 0 Å². The van der Waals surface area contributed by atoms with Crippen LogP contribution in [0.3, 0.4) is 0 Å². The van der Waals surface area contributed by atoms with Gasteiger partial charge in [-0.15, -0.1) is 0 Å². The molecule has 0 saturated heterocycles. The normalized spacial score (nSPS) is 11.8. The van der Waals surface area contributed by atoms with Gasteiger partial charge in [0.2, 0.25) is 0 Å². The molecule has 7 heteroatoms. The first-order valence-electron chi connectivity index (χ1n) is 16.0. The van der Waals surface area contributed by atoms with Crippen molar-refractivity contribution in [3.05, 3.63) is 195 Å². The molecule has 0 atom stereocenters. The van der Waals surface area contributed by atoms with Crippen molar-refractivity contribution in [2.24, 2.45) is 0 Å². The van der Waals surface area contributed by atoms with Crippen LogP contribution in [0.4, 0.5) is 0 Å². The second-order valence-corrected chi connectivity index (χ2v) is 37.3. The molecule has 4 nitrogen and oxygen atoms in total. The van der Waals surface area contributed by atoms with Crippen LogP contribution in [0.5, 0.6) is 0 Å². The van der Waals surface area contributed by atoms with E-state index in [4.69, 9.17) is 15.0 Å². The van der Waals surface area contributed by atoms with Crippen molar-refractivity contribution in [3.8, 4) is 0 Å². The van der Waals surface area contributed by atoms with Crippen molar-refractivity contribution >= 4 is 77.2 Å². The van der Waals surface area contributed by atoms with Crippen molar-refractivity contribution in [1.29, 1.82) is 0 Å². The molecule has 0 N–H and O–H groups in total. The third-order valence-corrected chi connectivity index (χ3v) is 41.7. The Morgan fingerprint density at radius 3 is 1.12 bits per heavy atom. The molecule has 8 rings (SSSR count). The molecule has 0 radical (unpaired) electrons. The monoisotopic (exact) mass is 852 g/mol. The fourth-order valence-electron chi connectivity index (χ4n) is 6.93. The molecule has 48 heavy (non-hydrogen) atoms. The van der Waals surface area contributed by atoms with Gasteiger partial charge < -0.3 is 0 Å². The average Bonchev–Trinajstić information content (AvgIpc) is 3.62. The number of aromatic nitrogens is 4. The van der Waals surface area contributed by atoms with Crippen molar-refractivity contribution in [2.75, 3.05) is 0 Å². The van der Waals surface area contributed by atoms with Gasteiger partial charge in [-0.25, -0.2) is 0 Å². The van der Waals surface area contributed by atoms with Gasteiger partial charge in [-0.1, -0.05) is 0 Å². The Morgan fingerprint density at radius 2 is 0.750 bits per heavy atom. The van der Waals surface area contributed by atoms with Crippen LogP contribution in [0, 0.1) is 0 Å². The van der Waals surface area contributed by atoms with Crippen LogP contribution in [-0.4, -0.2) is 53.4 Å². The standard InChI is InChI=1S/6C6H5.C5H3N4S.2Sn/c6*1-2-4-6-5-3-1;10-5-3-4(7-1-6-3)8-2-9-5;;/h6*1-5H;1-2H,(H-,6,7,8,9,10);;/q;;;;;;-1;2*+1/p-1. The number of benzene rings is 6. The molecule has 2 heterocycles. The molecular formula is C41H32N4SSn2. The Kier molecular flexibility index (Phi) is 8.91. The van der Waals surface area contributed by atoms with Crippen molar-refractivity contribution in [3.63, 3.8) is 0 Å². The van der Waals surface area contributed by atoms with E-state index >= 15 is 0 Å². The summed E-state index contributed by atoms with van der Waals surface area (Å²) in [6, 6.07) is 66.2. The minimum atomic E-state index is -4.03. The number of rotatable bonds is 9. The van der Waals surface area contributed by atoms with Gasteiger partial charge in [0, 0.05) is 0 Å². The molecular weight excluding hydrogens is 818 g/mol. The Bertz CT molecular complexity index is 2060. The van der Waals surface area contributed by atoms with Crippen LogP contribution in [0.15, 0.2) is 200 Å². The quantitative estimate of drug-likeness (QED) is 0.150. The van der Waals surface area contributed by atoms with Crippen LogP contribution in [0.25, 0.3) is 11.2 Å². The third kappa shape index (κ3) is 5.38. The van der Waals surface area contributed by atoms with Crippen LogP contribution in [0.2, 0.25) is 0 Å². The van der Waals surface area contributed by atoms with Crippen molar-refractivity contribution in [2.45, 2.75) is 5.03 Å². The summed E-state index contributed by atoms with van der Waals surface area (Å²) < 4.78 is 10.6. The molecule has 0 unspecified atom stereocenters. The number of hydrogen-bond acceptors (Lipinski definition) is 4. The van der Waals surface area contributed by atoms with E-state index in [1.165, 1.54) is 21.5 Å². The van der Waals surface area contributed by atoms with Gasteiger partial charge >= 0.3 is 295 Å². The summed E-state index contributed by atoms with van der Waals surface area (Å²) in [6.45, 7) is 0. The summed E-state index contributed by atoms with van der Waals surface area (Å²) in [5.41, 5.74) is 1.74. The first-order valence-corrected chi connectivity index (χ1v) is 30.2. The average molecular weight is 850 g/mol. The van der Waals surface area contributed by atoms with Gasteiger partial charge in [0.25, 0.3) is 0 Å². The minimum absolute atomic E-state index is 0.857. The summed E-state index contributed by atoms with van der Waals surface area (Å²) in [5, 5.41) is 0.931. The predicted molar refractivity (Wildman–Crippen MR) is 205 cm³/mol. The second kappa shape index (κ2) is 13.7. The van der Waals surface area contributed by atoms with Crippen LogP contribution in [-0.2, 0) is 0 Å². The van der Waals surface area contributed by atoms with Gasteiger partial charge in [-0.2, -0.15) is 0 Å². The number of fused-ring (bicyclic) bond motifs is 1. The summed E-state index contributed by atoms with van der Waals surface area (Å²) in [4.78, 5) is 15.3. The van der Waals surface area contributed by atoms with E-state index in [1.807, 2.05) is 8.95 Å². The Balaban J connectivity index is 1.41. The zero-order chi connectivity index (χ0) is 32.2. The van der Waals surface area contributed by atoms with Crippen LogP contribution >= 0.6 is 8.95 Å². The predicted octanol–water partition coefficient (Wildman–Crippen LogP) is 5.10. The molecule has 0 aliphatic heterocycles. The molecule has 0 saturated carbocycles. The van der Waals surface area contributed by atoms with Gasteiger partial charge in [0.1, 0.15) is 0 Å². The van der Waals surface area contributed by atoms with Crippen molar-refractivity contribution < 1.29 is 0 Å². The molecule has 6 aromatic carbocycles. The van der Waals surface area contributed by atoms with Gasteiger partial charge in [-0.05, 0) is 0 Å². The Labute approximate surface area is 292 Å². The maximum absolute atomic E-state index is 5.23. The van der Waals surface area contributed by atoms with E-state index in [0.29, 0.717) is 0 Å². The molecule has 2 aromatic heterocycles. The molecule has 0 amide bonds. The molecule has 0 aliphatic rings. The third-order valence-electron chi connectivity index (χ3n) is 9.03. The van der Waals surface area contributed by atoms with Crippen LogP contribution in [0.1, 0.15) is 0 Å². The molecule has 0 bridgehead atoms. The van der Waals surface area contributed by atoms with E-state index in [1.54, 1.807) is 6.33 Å². The summed E-state index contributed by atoms with van der Waals surface area (Å²) in [6.07, 6.45) is 3.80. The SMILES string of the molecule is c1cc[c]([Sn]([S]c2ncnc3c2nc[n]3[Sn]([c]2ccccc2)([c]2ccccc2)[c]2ccccc2)([c]2ccccc2)[c]2ccccc2)cc1. The number of nitrogens with zero attached hydrogens (tertiary/aromatic N) is 4. The summed E-state index contributed by atoms with van der Waals surface area (Å²) >= 11 is -7.84. The zero-order valence-corrected chi connectivity index (χ0v) is 32.7. The fourth-order valence-corrected chi connectivity index (χ4v) is 39.0. The molecule has 8 aromatic rings. The van der Waals surface area contributed by atoms with E-state index < -0.39 is 35.6 Å². The van der Waals surface area contributed by atoms with Gasteiger partial charge in [0.05, 0.1) is 0 Å². The first kappa shape index (κ1) is 31.1. The van der Waals surface area contributed by atoms with Gasteiger partial charge in [-0.3, -0.25) is 0 Å². The van der Waals surface area contributed by atoms with E-state index in [9.17, 15) is 0 Å². The van der Waals surface area contributed by atoms with E-state index in [-0.39, 0.29) is 0 Å². The van der Waals surface area contributed by atoms with E-state index in [0.717, 1.165) is 16.2 Å². The van der Waals surface area contributed by atoms with E-state index in [2.05, 4.69) is 191 Å². The molecule has 0 spiro atoms. The zero-order valence-electron chi connectivity index (χ0n) is 26.2. The Morgan fingerprint density at radius 1 is 0.396 bits per heavy atom.